The fourth-order valence-corrected chi connectivity index (χ4v) is 2.39. The molecule has 0 aliphatic carbocycles. The molecule has 0 atom stereocenters. The Hall–Kier alpha value is -2.28. The van der Waals surface area contributed by atoms with Crippen LogP contribution in [0.25, 0.3) is 0 Å². The van der Waals surface area contributed by atoms with E-state index < -0.39 is 17.4 Å². The van der Waals surface area contributed by atoms with Crippen LogP contribution in [0.4, 0.5) is 20.2 Å². The molecule has 3 N–H and O–H groups in total. The number of phenols is 1. The van der Waals surface area contributed by atoms with Gasteiger partial charge in [0.25, 0.3) is 0 Å². The van der Waals surface area contributed by atoms with Crippen LogP contribution in [0.15, 0.2) is 46.3 Å². The molecule has 4 nitrogen and oxygen atoms in total. The number of aromatic hydroxyl groups is 1. The lowest BCUT2D eigenvalue weighted by atomic mass is 10.3. The van der Waals surface area contributed by atoms with E-state index in [2.05, 4.69) is 15.0 Å². The SMILES string of the molecule is Oc1c(F)ccc2c1N=C(Nc1ccccc1F)NS2. The summed E-state index contributed by atoms with van der Waals surface area (Å²) < 4.78 is 29.7. The molecule has 0 saturated carbocycles. The number of benzene rings is 2. The predicted octanol–water partition coefficient (Wildman–Crippen LogP) is 3.38. The molecular weight excluding hydrogens is 284 g/mol. The number of guanidine groups is 1. The molecule has 20 heavy (non-hydrogen) atoms. The van der Waals surface area contributed by atoms with E-state index in [4.69, 9.17) is 0 Å². The molecule has 7 heteroatoms. The average Bonchev–Trinajstić information content (AvgIpc) is 2.46. The Bertz CT molecular complexity index is 706. The lowest BCUT2D eigenvalue weighted by Gasteiger charge is -2.18. The molecule has 2 aromatic rings. The molecule has 102 valence electrons. The van der Waals surface area contributed by atoms with Crippen molar-refractivity contribution in [1.29, 1.82) is 0 Å². The molecule has 0 aromatic heterocycles. The van der Waals surface area contributed by atoms with Gasteiger partial charge in [-0.25, -0.2) is 13.8 Å². The van der Waals surface area contributed by atoms with Crippen molar-refractivity contribution in [3.63, 3.8) is 0 Å². The highest BCUT2D eigenvalue weighted by Gasteiger charge is 2.19. The van der Waals surface area contributed by atoms with Gasteiger partial charge >= 0.3 is 0 Å². The lowest BCUT2D eigenvalue weighted by molar-refractivity contribution is 0.432. The highest BCUT2D eigenvalue weighted by atomic mass is 32.2. The maximum absolute atomic E-state index is 13.5. The number of hydrogen-bond donors (Lipinski definition) is 3. The molecule has 0 radical (unpaired) electrons. The van der Waals surface area contributed by atoms with Gasteiger partial charge in [0.1, 0.15) is 11.5 Å². The van der Waals surface area contributed by atoms with Crippen LogP contribution in [0.5, 0.6) is 5.75 Å². The highest BCUT2D eigenvalue weighted by molar-refractivity contribution is 7.98. The molecular formula is C13H9F2N3OS. The van der Waals surface area contributed by atoms with Gasteiger partial charge in [-0.05, 0) is 36.2 Å². The molecule has 0 amide bonds. The number of phenolic OH excluding ortho intramolecular Hbond substituents is 1. The molecule has 0 unspecified atom stereocenters. The molecule has 0 spiro atoms. The van der Waals surface area contributed by atoms with Crippen LogP contribution in [-0.4, -0.2) is 11.1 Å². The van der Waals surface area contributed by atoms with Gasteiger partial charge in [0, 0.05) is 0 Å². The first-order valence-electron chi connectivity index (χ1n) is 5.70. The fourth-order valence-electron chi connectivity index (χ4n) is 1.71. The number of halogens is 2. The van der Waals surface area contributed by atoms with Crippen molar-refractivity contribution in [2.75, 3.05) is 5.32 Å². The van der Waals surface area contributed by atoms with Gasteiger partial charge in [0.05, 0.1) is 10.6 Å². The van der Waals surface area contributed by atoms with Crippen molar-refractivity contribution in [1.82, 2.24) is 4.72 Å². The molecule has 2 aromatic carbocycles. The van der Waals surface area contributed by atoms with E-state index >= 15 is 0 Å². The number of para-hydroxylation sites is 1. The zero-order valence-electron chi connectivity index (χ0n) is 10.0. The lowest BCUT2D eigenvalue weighted by Crippen LogP contribution is -2.27. The summed E-state index contributed by atoms with van der Waals surface area (Å²) in [6.07, 6.45) is 0. The first-order chi connectivity index (χ1) is 9.65. The second-order valence-corrected chi connectivity index (χ2v) is 4.86. The topological polar surface area (TPSA) is 56.7 Å². The third-order valence-electron chi connectivity index (χ3n) is 2.67. The summed E-state index contributed by atoms with van der Waals surface area (Å²) in [5.74, 6) is -1.49. The zero-order valence-corrected chi connectivity index (χ0v) is 10.8. The number of nitrogens with zero attached hydrogens (tertiary/aromatic N) is 1. The quantitative estimate of drug-likeness (QED) is 0.706. The van der Waals surface area contributed by atoms with Gasteiger partial charge in [-0.15, -0.1) is 0 Å². The normalized spacial score (nSPS) is 13.2. The first-order valence-corrected chi connectivity index (χ1v) is 6.51. The van der Waals surface area contributed by atoms with E-state index in [0.29, 0.717) is 4.90 Å². The Balaban J connectivity index is 1.95. The maximum Gasteiger partial charge on any atom is 0.211 e. The summed E-state index contributed by atoms with van der Waals surface area (Å²) in [6.45, 7) is 0. The Morgan fingerprint density at radius 1 is 1.10 bits per heavy atom. The monoisotopic (exact) mass is 293 g/mol. The second kappa shape index (κ2) is 5.01. The Labute approximate surface area is 117 Å². The van der Waals surface area contributed by atoms with Crippen molar-refractivity contribution in [3.05, 3.63) is 48.0 Å². The summed E-state index contributed by atoms with van der Waals surface area (Å²) in [6, 6.07) is 8.77. The maximum atomic E-state index is 13.5. The number of hydrogen-bond acceptors (Lipinski definition) is 5. The summed E-state index contributed by atoms with van der Waals surface area (Å²) >= 11 is 1.15. The smallest absolute Gasteiger partial charge is 0.211 e. The van der Waals surface area contributed by atoms with Gasteiger partial charge in [0.2, 0.25) is 5.96 Å². The van der Waals surface area contributed by atoms with Crippen LogP contribution < -0.4 is 10.0 Å². The number of anilines is 1. The van der Waals surface area contributed by atoms with Crippen LogP contribution in [0, 0.1) is 11.6 Å². The third kappa shape index (κ3) is 2.27. The van der Waals surface area contributed by atoms with Gasteiger partial charge in [-0.1, -0.05) is 12.1 Å². The Kier molecular flexibility index (Phi) is 3.19. The molecule has 1 aliphatic heterocycles. The summed E-state index contributed by atoms with van der Waals surface area (Å²) in [5, 5.41) is 12.4. The van der Waals surface area contributed by atoms with E-state index in [-0.39, 0.29) is 17.3 Å². The number of aliphatic imine (C=N–C) groups is 1. The van der Waals surface area contributed by atoms with Crippen molar-refractivity contribution in [2.45, 2.75) is 4.90 Å². The van der Waals surface area contributed by atoms with Crippen molar-refractivity contribution >= 4 is 29.3 Å². The number of nitrogens with one attached hydrogen (secondary N) is 2. The van der Waals surface area contributed by atoms with Gasteiger partial charge < -0.3 is 10.4 Å². The minimum atomic E-state index is -0.750. The van der Waals surface area contributed by atoms with Crippen LogP contribution >= 0.6 is 11.9 Å². The largest absolute Gasteiger partial charge is 0.503 e. The fraction of sp³-hybridized carbons (Fsp3) is 0. The van der Waals surface area contributed by atoms with Crippen LogP contribution in [0.3, 0.4) is 0 Å². The Morgan fingerprint density at radius 3 is 2.70 bits per heavy atom. The molecule has 3 rings (SSSR count). The van der Waals surface area contributed by atoms with Gasteiger partial charge in [-0.3, -0.25) is 4.72 Å². The van der Waals surface area contributed by atoms with E-state index in [1.165, 1.54) is 12.1 Å². The van der Waals surface area contributed by atoms with Crippen LogP contribution in [0.1, 0.15) is 0 Å². The summed E-state index contributed by atoms with van der Waals surface area (Å²) in [7, 11) is 0. The number of fused-ring (bicyclic) bond motifs is 1. The molecule has 1 aliphatic rings. The van der Waals surface area contributed by atoms with Gasteiger partial charge in [0.15, 0.2) is 11.6 Å². The molecule has 0 saturated heterocycles. The second-order valence-electron chi connectivity index (χ2n) is 4.01. The molecule has 1 heterocycles. The molecule has 0 bridgehead atoms. The summed E-state index contributed by atoms with van der Waals surface area (Å²) in [5.41, 5.74) is 0.353. The first kappa shape index (κ1) is 12.7. The van der Waals surface area contributed by atoms with Gasteiger partial charge in [-0.2, -0.15) is 0 Å². The van der Waals surface area contributed by atoms with E-state index in [0.717, 1.165) is 18.0 Å². The minimum absolute atomic E-state index is 0.118. The van der Waals surface area contributed by atoms with E-state index in [1.54, 1.807) is 18.2 Å². The number of rotatable bonds is 1. The van der Waals surface area contributed by atoms with E-state index in [1.807, 2.05) is 0 Å². The average molecular weight is 293 g/mol. The predicted molar refractivity (Wildman–Crippen MR) is 74.2 cm³/mol. The van der Waals surface area contributed by atoms with Crippen molar-refractivity contribution < 1.29 is 13.9 Å². The zero-order chi connectivity index (χ0) is 14.1. The minimum Gasteiger partial charge on any atom is -0.503 e. The van der Waals surface area contributed by atoms with Crippen molar-refractivity contribution in [3.8, 4) is 5.75 Å². The van der Waals surface area contributed by atoms with Crippen LogP contribution in [0.2, 0.25) is 0 Å². The third-order valence-corrected chi connectivity index (χ3v) is 3.52. The summed E-state index contributed by atoms with van der Waals surface area (Å²) in [4.78, 5) is 4.65. The van der Waals surface area contributed by atoms with Crippen molar-refractivity contribution in [2.24, 2.45) is 4.99 Å². The van der Waals surface area contributed by atoms with E-state index in [9.17, 15) is 13.9 Å². The standard InChI is InChI=1S/C13H9F2N3OS/c14-7-3-1-2-4-9(7)16-13-17-11-10(20-18-13)6-5-8(15)12(11)19/h1-6,19H,(H2,16,17,18). The molecule has 0 fully saturated rings. The highest BCUT2D eigenvalue weighted by Crippen LogP contribution is 2.40. The Morgan fingerprint density at radius 2 is 1.90 bits per heavy atom. The van der Waals surface area contributed by atoms with Crippen LogP contribution in [-0.2, 0) is 0 Å².